The van der Waals surface area contributed by atoms with Gasteiger partial charge in [0.15, 0.2) is 0 Å². The van der Waals surface area contributed by atoms with E-state index in [2.05, 4.69) is 18.7 Å². The first-order chi connectivity index (χ1) is 6.81. The first-order valence-corrected chi connectivity index (χ1v) is 6.25. The molecule has 2 atom stereocenters. The van der Waals surface area contributed by atoms with Crippen LogP contribution in [0.3, 0.4) is 0 Å². The molecule has 0 bridgehead atoms. The van der Waals surface area contributed by atoms with E-state index >= 15 is 0 Å². The van der Waals surface area contributed by atoms with Gasteiger partial charge in [-0.15, -0.1) is 0 Å². The maximum Gasteiger partial charge on any atom is 0.0215 e. The quantitative estimate of drug-likeness (QED) is 0.750. The van der Waals surface area contributed by atoms with E-state index in [1.165, 1.54) is 45.2 Å². The molecular weight excluding hydrogens is 172 g/mol. The molecule has 0 aromatic carbocycles. The van der Waals surface area contributed by atoms with Crippen LogP contribution in [-0.4, -0.2) is 30.6 Å². The van der Waals surface area contributed by atoms with Crippen molar-refractivity contribution in [1.29, 1.82) is 0 Å². The van der Waals surface area contributed by atoms with E-state index in [1.807, 2.05) is 0 Å². The summed E-state index contributed by atoms with van der Waals surface area (Å²) in [5.74, 6) is 0.968. The predicted molar refractivity (Wildman–Crippen MR) is 62.3 cm³/mol. The van der Waals surface area contributed by atoms with Crippen LogP contribution in [0.5, 0.6) is 0 Å². The third-order valence-electron chi connectivity index (χ3n) is 3.72. The van der Waals surface area contributed by atoms with Gasteiger partial charge >= 0.3 is 0 Å². The number of hydrogen-bond acceptors (Lipinski definition) is 2. The van der Waals surface area contributed by atoms with Crippen molar-refractivity contribution in [2.45, 2.75) is 52.0 Å². The smallest absolute Gasteiger partial charge is 0.0215 e. The molecule has 2 unspecified atom stereocenters. The molecule has 0 radical (unpaired) electrons. The fourth-order valence-corrected chi connectivity index (χ4v) is 2.53. The van der Waals surface area contributed by atoms with Gasteiger partial charge in [0.2, 0.25) is 0 Å². The van der Waals surface area contributed by atoms with Crippen molar-refractivity contribution in [3.63, 3.8) is 0 Å². The monoisotopic (exact) mass is 198 g/mol. The maximum atomic E-state index is 5.79. The molecule has 1 saturated heterocycles. The molecule has 2 N–H and O–H groups in total. The van der Waals surface area contributed by atoms with Gasteiger partial charge in [0, 0.05) is 12.6 Å². The minimum atomic E-state index is 0.630. The predicted octanol–water partition coefficient (Wildman–Crippen LogP) is 2.24. The standard InChI is InChI=1S/C12H26N2/c1-3-11-6-5-8-14(9-7-11)12(4-2)10-13/h11-12H,3-10,13H2,1-2H3. The van der Waals surface area contributed by atoms with Crippen LogP contribution in [0.2, 0.25) is 0 Å². The van der Waals surface area contributed by atoms with E-state index in [0.29, 0.717) is 6.04 Å². The van der Waals surface area contributed by atoms with Gasteiger partial charge in [-0.05, 0) is 44.7 Å². The average molecular weight is 198 g/mol. The summed E-state index contributed by atoms with van der Waals surface area (Å²) in [6.45, 7) is 7.94. The second-order valence-corrected chi connectivity index (χ2v) is 4.54. The van der Waals surface area contributed by atoms with E-state index in [0.717, 1.165) is 12.5 Å². The van der Waals surface area contributed by atoms with Crippen LogP contribution in [0.15, 0.2) is 0 Å². The molecule has 2 heteroatoms. The highest BCUT2D eigenvalue weighted by molar-refractivity contribution is 4.76. The summed E-state index contributed by atoms with van der Waals surface area (Å²) >= 11 is 0. The molecule has 1 aliphatic rings. The molecule has 0 aliphatic carbocycles. The Morgan fingerprint density at radius 3 is 2.64 bits per heavy atom. The minimum absolute atomic E-state index is 0.630. The van der Waals surface area contributed by atoms with Crippen molar-refractivity contribution >= 4 is 0 Å². The highest BCUT2D eigenvalue weighted by atomic mass is 15.2. The second-order valence-electron chi connectivity index (χ2n) is 4.54. The lowest BCUT2D eigenvalue weighted by Crippen LogP contribution is -2.40. The van der Waals surface area contributed by atoms with Gasteiger partial charge < -0.3 is 5.73 Å². The average Bonchev–Trinajstić information content (AvgIpc) is 2.45. The number of nitrogens with two attached hydrogens (primary N) is 1. The number of likely N-dealkylation sites (tertiary alicyclic amines) is 1. The van der Waals surface area contributed by atoms with Crippen LogP contribution in [0, 0.1) is 5.92 Å². The first-order valence-electron chi connectivity index (χ1n) is 6.25. The normalized spacial score (nSPS) is 27.2. The van der Waals surface area contributed by atoms with E-state index in [9.17, 15) is 0 Å². The molecule has 1 fully saturated rings. The van der Waals surface area contributed by atoms with Crippen molar-refractivity contribution in [1.82, 2.24) is 4.90 Å². The lowest BCUT2D eigenvalue weighted by atomic mass is 9.98. The molecule has 1 aliphatic heterocycles. The third-order valence-corrected chi connectivity index (χ3v) is 3.72. The molecule has 84 valence electrons. The molecule has 0 aromatic rings. The summed E-state index contributed by atoms with van der Waals surface area (Å²) in [6, 6.07) is 0.630. The molecule has 2 nitrogen and oxygen atoms in total. The van der Waals surface area contributed by atoms with Crippen LogP contribution in [0.4, 0.5) is 0 Å². The van der Waals surface area contributed by atoms with Gasteiger partial charge in [0.25, 0.3) is 0 Å². The molecule has 0 spiro atoms. The molecule has 1 heterocycles. The van der Waals surface area contributed by atoms with Crippen molar-refractivity contribution in [3.8, 4) is 0 Å². The summed E-state index contributed by atoms with van der Waals surface area (Å²) in [6.07, 6.45) is 6.73. The van der Waals surface area contributed by atoms with Crippen LogP contribution in [0.25, 0.3) is 0 Å². The van der Waals surface area contributed by atoms with Gasteiger partial charge in [-0.25, -0.2) is 0 Å². The van der Waals surface area contributed by atoms with Crippen LogP contribution < -0.4 is 5.73 Å². The maximum absolute atomic E-state index is 5.79. The molecule has 0 saturated carbocycles. The summed E-state index contributed by atoms with van der Waals surface area (Å²) in [4.78, 5) is 2.61. The fourth-order valence-electron chi connectivity index (χ4n) is 2.53. The van der Waals surface area contributed by atoms with Crippen LogP contribution in [-0.2, 0) is 0 Å². The van der Waals surface area contributed by atoms with Crippen LogP contribution in [0.1, 0.15) is 46.0 Å². The van der Waals surface area contributed by atoms with E-state index in [4.69, 9.17) is 5.73 Å². The highest BCUT2D eigenvalue weighted by Crippen LogP contribution is 2.21. The molecular formula is C12H26N2. The van der Waals surface area contributed by atoms with Crippen molar-refractivity contribution in [3.05, 3.63) is 0 Å². The number of hydrogen-bond donors (Lipinski definition) is 1. The third kappa shape index (κ3) is 3.25. The summed E-state index contributed by atoms with van der Waals surface area (Å²) in [7, 11) is 0. The zero-order valence-corrected chi connectivity index (χ0v) is 9.84. The second kappa shape index (κ2) is 6.41. The zero-order chi connectivity index (χ0) is 10.4. The number of rotatable bonds is 4. The summed E-state index contributed by atoms with van der Waals surface area (Å²) in [5.41, 5.74) is 5.79. The van der Waals surface area contributed by atoms with E-state index in [-0.39, 0.29) is 0 Å². The Hall–Kier alpha value is -0.0800. The Balaban J connectivity index is 2.40. The zero-order valence-electron chi connectivity index (χ0n) is 9.84. The van der Waals surface area contributed by atoms with Crippen molar-refractivity contribution < 1.29 is 0 Å². The van der Waals surface area contributed by atoms with E-state index < -0.39 is 0 Å². The van der Waals surface area contributed by atoms with Gasteiger partial charge in [0.05, 0.1) is 0 Å². The summed E-state index contributed by atoms with van der Waals surface area (Å²) < 4.78 is 0. The van der Waals surface area contributed by atoms with Gasteiger partial charge in [-0.3, -0.25) is 4.90 Å². The highest BCUT2D eigenvalue weighted by Gasteiger charge is 2.20. The number of nitrogens with zero attached hydrogens (tertiary/aromatic N) is 1. The van der Waals surface area contributed by atoms with Gasteiger partial charge in [-0.2, -0.15) is 0 Å². The lowest BCUT2D eigenvalue weighted by Gasteiger charge is -2.28. The Bertz CT molecular complexity index is 143. The first kappa shape index (κ1) is 12.0. The SMILES string of the molecule is CCC1CCCN(C(CC)CN)CC1. The van der Waals surface area contributed by atoms with Gasteiger partial charge in [-0.1, -0.05) is 20.3 Å². The molecule has 0 aromatic heterocycles. The molecule has 14 heavy (non-hydrogen) atoms. The molecule has 0 amide bonds. The lowest BCUT2D eigenvalue weighted by molar-refractivity contribution is 0.200. The van der Waals surface area contributed by atoms with Crippen molar-refractivity contribution in [2.75, 3.05) is 19.6 Å². The Kier molecular flexibility index (Phi) is 5.49. The van der Waals surface area contributed by atoms with Crippen LogP contribution >= 0.6 is 0 Å². The summed E-state index contributed by atoms with van der Waals surface area (Å²) in [5, 5.41) is 0. The largest absolute Gasteiger partial charge is 0.329 e. The minimum Gasteiger partial charge on any atom is -0.329 e. The Labute approximate surface area is 88.8 Å². The van der Waals surface area contributed by atoms with Crippen molar-refractivity contribution in [2.24, 2.45) is 11.7 Å². The van der Waals surface area contributed by atoms with E-state index in [1.54, 1.807) is 0 Å². The molecule has 1 rings (SSSR count). The Morgan fingerprint density at radius 1 is 1.29 bits per heavy atom. The van der Waals surface area contributed by atoms with Gasteiger partial charge in [0.1, 0.15) is 0 Å². The Morgan fingerprint density at radius 2 is 2.07 bits per heavy atom. The fraction of sp³-hybridized carbons (Fsp3) is 1.00. The topological polar surface area (TPSA) is 29.3 Å².